The molecule has 1 aromatic heterocycles. The van der Waals surface area contributed by atoms with Crippen molar-refractivity contribution in [1.29, 1.82) is 0 Å². The number of methoxy groups -OCH3 is 3. The van der Waals surface area contributed by atoms with Gasteiger partial charge in [0.05, 0.1) is 32.6 Å². The molecular weight excluding hydrogens is 422 g/mol. The van der Waals surface area contributed by atoms with Crippen LogP contribution >= 0.6 is 0 Å². The Labute approximate surface area is 182 Å². The molecule has 1 aromatic carbocycles. The molecule has 1 saturated heterocycles. The number of sulfonamides is 1. The number of aromatic nitrogens is 1. The van der Waals surface area contributed by atoms with Crippen molar-refractivity contribution in [3.63, 3.8) is 0 Å². The van der Waals surface area contributed by atoms with E-state index >= 15 is 0 Å². The van der Waals surface area contributed by atoms with E-state index in [1.165, 1.54) is 33.5 Å². The fraction of sp³-hybridized carbons (Fsp3) is 0.476. The third-order valence-corrected chi connectivity index (χ3v) is 7.26. The summed E-state index contributed by atoms with van der Waals surface area (Å²) < 4.78 is 47.2. The summed E-state index contributed by atoms with van der Waals surface area (Å²) in [6, 6.07) is 3.01. The van der Waals surface area contributed by atoms with E-state index in [2.05, 4.69) is 4.72 Å². The third kappa shape index (κ3) is 4.04. The monoisotopic (exact) mass is 451 g/mol. The van der Waals surface area contributed by atoms with Crippen LogP contribution in [0.25, 0.3) is 0 Å². The summed E-state index contributed by atoms with van der Waals surface area (Å²) in [5, 5.41) is 0. The van der Waals surface area contributed by atoms with Gasteiger partial charge in [-0.1, -0.05) is 0 Å². The van der Waals surface area contributed by atoms with Gasteiger partial charge in [-0.25, -0.2) is 8.42 Å². The molecule has 1 aliphatic heterocycles. The number of carbonyl (C=O) groups excluding carboxylic acids is 1. The molecule has 0 bridgehead atoms. The van der Waals surface area contributed by atoms with Gasteiger partial charge in [-0.2, -0.15) is 0 Å². The zero-order valence-electron chi connectivity index (χ0n) is 18.7. The smallest absolute Gasteiger partial charge is 0.264 e. The maximum atomic E-state index is 13.5. The van der Waals surface area contributed by atoms with Crippen LogP contribution in [0, 0.1) is 13.8 Å². The van der Waals surface area contributed by atoms with E-state index in [4.69, 9.17) is 14.2 Å². The second-order valence-corrected chi connectivity index (χ2v) is 9.07. The molecule has 10 heteroatoms. The molecule has 0 aliphatic carbocycles. The molecule has 0 atom stereocenters. The predicted octanol–water partition coefficient (Wildman–Crippen LogP) is 2.70. The topological polar surface area (TPSA) is 99.1 Å². The Bertz CT molecular complexity index is 1080. The van der Waals surface area contributed by atoms with Crippen LogP contribution in [-0.4, -0.2) is 58.2 Å². The van der Waals surface area contributed by atoms with Crippen LogP contribution in [0.1, 0.15) is 34.6 Å². The molecule has 1 N–H and O–H groups in total. The van der Waals surface area contributed by atoms with Gasteiger partial charge in [0.25, 0.3) is 15.9 Å². The Kier molecular flexibility index (Phi) is 6.40. The Hall–Kier alpha value is -2.88. The van der Waals surface area contributed by atoms with Crippen molar-refractivity contribution in [2.75, 3.05) is 39.1 Å². The van der Waals surface area contributed by atoms with Crippen molar-refractivity contribution < 1.29 is 27.4 Å². The SMILES string of the molecule is COc1cc(NS(=O)(=O)c2c(C(=O)N3CCCC3)c(C)n(C)c2C)cc(OC)c1OC. The van der Waals surface area contributed by atoms with Crippen molar-refractivity contribution in [2.24, 2.45) is 7.05 Å². The first-order valence-electron chi connectivity index (χ1n) is 9.94. The maximum Gasteiger partial charge on any atom is 0.264 e. The normalized spacial score (nSPS) is 13.9. The standard InChI is InChI=1S/C21H29N3O6S/c1-13-18(21(25)24-9-7-8-10-24)20(14(2)23(13)3)31(26,27)22-15-11-16(28-4)19(30-6)17(12-15)29-5/h11-12,22H,7-10H2,1-6H3. The Morgan fingerprint density at radius 2 is 1.52 bits per heavy atom. The summed E-state index contributed by atoms with van der Waals surface area (Å²) in [5.74, 6) is 0.719. The summed E-state index contributed by atoms with van der Waals surface area (Å²) in [5.41, 5.74) is 1.54. The number of amides is 1. The second-order valence-electron chi connectivity index (χ2n) is 7.45. The number of carbonyl (C=O) groups is 1. The van der Waals surface area contributed by atoms with Gasteiger partial charge in [0.2, 0.25) is 5.75 Å². The Balaban J connectivity index is 2.09. The Morgan fingerprint density at radius 1 is 0.968 bits per heavy atom. The summed E-state index contributed by atoms with van der Waals surface area (Å²) in [4.78, 5) is 14.9. The molecule has 0 saturated carbocycles. The molecule has 0 unspecified atom stereocenters. The highest BCUT2D eigenvalue weighted by Gasteiger charge is 2.34. The first-order valence-corrected chi connectivity index (χ1v) is 11.4. The van der Waals surface area contributed by atoms with Gasteiger partial charge in [-0.15, -0.1) is 0 Å². The molecule has 2 aromatic rings. The quantitative estimate of drug-likeness (QED) is 0.695. The van der Waals surface area contributed by atoms with Crippen molar-refractivity contribution in [3.8, 4) is 17.2 Å². The Morgan fingerprint density at radius 3 is 2.00 bits per heavy atom. The fourth-order valence-corrected chi connectivity index (χ4v) is 5.48. The molecule has 2 heterocycles. The van der Waals surface area contributed by atoms with Crippen LogP contribution < -0.4 is 18.9 Å². The number of ether oxygens (including phenoxy) is 3. The van der Waals surface area contributed by atoms with Gasteiger partial charge in [-0.05, 0) is 26.7 Å². The third-order valence-electron chi connectivity index (χ3n) is 5.72. The first kappa shape index (κ1) is 22.8. The molecule has 1 amide bonds. The van der Waals surface area contributed by atoms with E-state index in [0.717, 1.165) is 12.8 Å². The first-order chi connectivity index (χ1) is 14.7. The maximum absolute atomic E-state index is 13.5. The minimum absolute atomic E-state index is 0.0156. The van der Waals surface area contributed by atoms with Crippen LogP contribution in [0.3, 0.4) is 0 Å². The molecular formula is C21H29N3O6S. The lowest BCUT2D eigenvalue weighted by molar-refractivity contribution is 0.0788. The van der Waals surface area contributed by atoms with E-state index in [1.807, 2.05) is 0 Å². The average Bonchev–Trinajstić information content (AvgIpc) is 3.35. The van der Waals surface area contributed by atoms with Gasteiger partial charge in [0, 0.05) is 43.7 Å². The average molecular weight is 452 g/mol. The lowest BCUT2D eigenvalue weighted by atomic mass is 10.2. The number of likely N-dealkylation sites (tertiary alicyclic amines) is 1. The highest BCUT2D eigenvalue weighted by atomic mass is 32.2. The van der Waals surface area contributed by atoms with E-state index in [-0.39, 0.29) is 22.1 Å². The van der Waals surface area contributed by atoms with Gasteiger partial charge in [-0.3, -0.25) is 9.52 Å². The zero-order valence-corrected chi connectivity index (χ0v) is 19.6. The highest BCUT2D eigenvalue weighted by molar-refractivity contribution is 7.92. The predicted molar refractivity (Wildman–Crippen MR) is 117 cm³/mol. The summed E-state index contributed by atoms with van der Waals surface area (Å²) in [6.45, 7) is 4.71. The van der Waals surface area contributed by atoms with Crippen LogP contribution in [-0.2, 0) is 17.1 Å². The van der Waals surface area contributed by atoms with Crippen LogP contribution in [0.4, 0.5) is 5.69 Å². The van der Waals surface area contributed by atoms with Crippen molar-refractivity contribution in [3.05, 3.63) is 29.1 Å². The number of hydrogen-bond acceptors (Lipinski definition) is 6. The molecule has 31 heavy (non-hydrogen) atoms. The summed E-state index contributed by atoms with van der Waals surface area (Å²) in [7, 11) is 2.03. The number of nitrogens with one attached hydrogen (secondary N) is 1. The van der Waals surface area contributed by atoms with Gasteiger partial charge in [0.15, 0.2) is 11.5 Å². The fourth-order valence-electron chi connectivity index (χ4n) is 3.92. The second kappa shape index (κ2) is 8.70. The molecule has 0 radical (unpaired) electrons. The van der Waals surface area contributed by atoms with Crippen molar-refractivity contribution in [2.45, 2.75) is 31.6 Å². The zero-order chi connectivity index (χ0) is 22.9. The largest absolute Gasteiger partial charge is 0.493 e. The molecule has 1 aliphatic rings. The molecule has 3 rings (SSSR count). The van der Waals surface area contributed by atoms with Crippen LogP contribution in [0.15, 0.2) is 17.0 Å². The minimum Gasteiger partial charge on any atom is -0.493 e. The van der Waals surface area contributed by atoms with Crippen LogP contribution in [0.2, 0.25) is 0 Å². The lowest BCUT2D eigenvalue weighted by Crippen LogP contribution is -2.30. The summed E-state index contributed by atoms with van der Waals surface area (Å²) in [6.07, 6.45) is 1.84. The number of anilines is 1. The van der Waals surface area contributed by atoms with Crippen molar-refractivity contribution in [1.82, 2.24) is 9.47 Å². The molecule has 1 fully saturated rings. The number of rotatable bonds is 7. The summed E-state index contributed by atoms with van der Waals surface area (Å²) >= 11 is 0. The lowest BCUT2D eigenvalue weighted by Gasteiger charge is -2.18. The van der Waals surface area contributed by atoms with Crippen LogP contribution in [0.5, 0.6) is 17.2 Å². The van der Waals surface area contributed by atoms with E-state index in [1.54, 1.807) is 30.4 Å². The molecule has 170 valence electrons. The van der Waals surface area contributed by atoms with E-state index < -0.39 is 10.0 Å². The number of nitrogens with zero attached hydrogens (tertiary/aromatic N) is 2. The van der Waals surface area contributed by atoms with Gasteiger partial charge < -0.3 is 23.7 Å². The number of hydrogen-bond donors (Lipinski definition) is 1. The van der Waals surface area contributed by atoms with E-state index in [9.17, 15) is 13.2 Å². The number of benzene rings is 1. The highest BCUT2D eigenvalue weighted by Crippen LogP contribution is 2.41. The minimum atomic E-state index is -4.09. The van der Waals surface area contributed by atoms with Crippen molar-refractivity contribution >= 4 is 21.6 Å². The molecule has 0 spiro atoms. The van der Waals surface area contributed by atoms with Gasteiger partial charge in [0.1, 0.15) is 4.90 Å². The van der Waals surface area contributed by atoms with E-state index in [0.29, 0.717) is 41.7 Å². The van der Waals surface area contributed by atoms with Gasteiger partial charge >= 0.3 is 0 Å². The molecule has 9 nitrogen and oxygen atoms in total.